The van der Waals surface area contributed by atoms with Gasteiger partial charge in [-0.05, 0) is 36.4 Å². The quantitative estimate of drug-likeness (QED) is 0.466. The molecule has 0 atom stereocenters. The second kappa shape index (κ2) is 5.69. The molecule has 0 aliphatic heterocycles. The number of nitrogens with one attached hydrogen (secondary N) is 1. The van der Waals surface area contributed by atoms with Crippen LogP contribution >= 0.6 is 23.2 Å². The highest BCUT2D eigenvalue weighted by molar-refractivity contribution is 6.32. The Hall–Kier alpha value is -2.36. The number of nitrogens with zero attached hydrogens (tertiary/aromatic N) is 2. The van der Waals surface area contributed by atoms with E-state index in [2.05, 4.69) is 15.3 Å². The maximum atomic E-state index is 6.15. The fourth-order valence-corrected chi connectivity index (χ4v) is 3.02. The zero-order chi connectivity index (χ0) is 15.8. The highest BCUT2D eigenvalue weighted by Gasteiger charge is 2.08. The van der Waals surface area contributed by atoms with Crippen molar-refractivity contribution in [2.75, 3.05) is 5.32 Å². The lowest BCUT2D eigenvalue weighted by Crippen LogP contribution is -1.94. The maximum Gasteiger partial charge on any atom is 0.131 e. The van der Waals surface area contributed by atoms with Crippen LogP contribution in [0.3, 0.4) is 0 Å². The van der Waals surface area contributed by atoms with Crippen LogP contribution in [0.1, 0.15) is 0 Å². The van der Waals surface area contributed by atoms with E-state index in [1.54, 1.807) is 18.3 Å². The number of hydrogen-bond donors (Lipinski definition) is 1. The van der Waals surface area contributed by atoms with Gasteiger partial charge in [0.2, 0.25) is 0 Å². The van der Waals surface area contributed by atoms with E-state index in [9.17, 15) is 0 Å². The van der Waals surface area contributed by atoms with Crippen LogP contribution in [0.15, 0.2) is 60.9 Å². The molecular formula is C18H11Cl2N3. The monoisotopic (exact) mass is 339 g/mol. The van der Waals surface area contributed by atoms with Gasteiger partial charge in [0, 0.05) is 39.3 Å². The molecule has 0 saturated carbocycles. The van der Waals surface area contributed by atoms with Crippen LogP contribution in [0.25, 0.3) is 21.7 Å². The lowest BCUT2D eigenvalue weighted by molar-refractivity contribution is 1.36. The molecule has 2 aromatic carbocycles. The van der Waals surface area contributed by atoms with Crippen LogP contribution in [0, 0.1) is 0 Å². The summed E-state index contributed by atoms with van der Waals surface area (Å²) in [5.74, 6) is 0. The molecule has 1 N–H and O–H groups in total. The maximum absolute atomic E-state index is 6.15. The van der Waals surface area contributed by atoms with Crippen LogP contribution in [0.4, 0.5) is 11.4 Å². The SMILES string of the molecule is Clc1ccc2nc(Cl)cc(Nc3cccc4cnccc34)c2c1. The lowest BCUT2D eigenvalue weighted by atomic mass is 10.1. The molecule has 2 aromatic heterocycles. The van der Waals surface area contributed by atoms with Crippen molar-refractivity contribution in [3.63, 3.8) is 0 Å². The van der Waals surface area contributed by atoms with Gasteiger partial charge in [0.1, 0.15) is 5.15 Å². The third-order valence-electron chi connectivity index (χ3n) is 3.69. The van der Waals surface area contributed by atoms with Crippen molar-refractivity contribution in [1.29, 1.82) is 0 Å². The first kappa shape index (κ1) is 14.2. The smallest absolute Gasteiger partial charge is 0.131 e. The van der Waals surface area contributed by atoms with Gasteiger partial charge in [-0.2, -0.15) is 0 Å². The van der Waals surface area contributed by atoms with Crippen LogP contribution in [-0.2, 0) is 0 Å². The van der Waals surface area contributed by atoms with Gasteiger partial charge >= 0.3 is 0 Å². The lowest BCUT2D eigenvalue weighted by Gasteiger charge is -2.12. The van der Waals surface area contributed by atoms with Crippen molar-refractivity contribution >= 4 is 56.3 Å². The summed E-state index contributed by atoms with van der Waals surface area (Å²) < 4.78 is 0. The van der Waals surface area contributed by atoms with Gasteiger partial charge in [0.25, 0.3) is 0 Å². The predicted molar refractivity (Wildman–Crippen MR) is 96.8 cm³/mol. The Balaban J connectivity index is 1.91. The van der Waals surface area contributed by atoms with Gasteiger partial charge in [-0.15, -0.1) is 0 Å². The average Bonchev–Trinajstić information content (AvgIpc) is 2.56. The van der Waals surface area contributed by atoms with E-state index in [1.807, 2.05) is 42.6 Å². The van der Waals surface area contributed by atoms with Crippen LogP contribution < -0.4 is 5.32 Å². The van der Waals surface area contributed by atoms with Gasteiger partial charge in [-0.25, -0.2) is 4.98 Å². The van der Waals surface area contributed by atoms with Crippen LogP contribution in [0.5, 0.6) is 0 Å². The summed E-state index contributed by atoms with van der Waals surface area (Å²) in [5, 5.41) is 7.62. The Morgan fingerprint density at radius 3 is 2.70 bits per heavy atom. The molecule has 0 aliphatic rings. The number of fused-ring (bicyclic) bond motifs is 2. The van der Waals surface area contributed by atoms with Gasteiger partial charge < -0.3 is 5.32 Å². The summed E-state index contributed by atoms with van der Waals surface area (Å²) in [6.45, 7) is 0. The number of pyridine rings is 2. The fourth-order valence-electron chi connectivity index (χ4n) is 2.65. The summed E-state index contributed by atoms with van der Waals surface area (Å²) in [6.07, 6.45) is 3.62. The van der Waals surface area contributed by atoms with E-state index in [-0.39, 0.29) is 0 Å². The van der Waals surface area contributed by atoms with Crippen molar-refractivity contribution < 1.29 is 0 Å². The van der Waals surface area contributed by atoms with E-state index in [0.717, 1.165) is 33.1 Å². The minimum atomic E-state index is 0.434. The molecule has 0 aliphatic carbocycles. The number of anilines is 2. The molecule has 5 heteroatoms. The van der Waals surface area contributed by atoms with Crippen molar-refractivity contribution in [3.05, 3.63) is 71.1 Å². The highest BCUT2D eigenvalue weighted by Crippen LogP contribution is 2.32. The molecule has 4 rings (SSSR count). The summed E-state index contributed by atoms with van der Waals surface area (Å²) in [5.41, 5.74) is 2.64. The second-order valence-electron chi connectivity index (χ2n) is 5.18. The van der Waals surface area contributed by atoms with Crippen LogP contribution in [-0.4, -0.2) is 9.97 Å². The van der Waals surface area contributed by atoms with Gasteiger partial charge in [0.05, 0.1) is 11.2 Å². The van der Waals surface area contributed by atoms with Crippen molar-refractivity contribution in [1.82, 2.24) is 9.97 Å². The van der Waals surface area contributed by atoms with Crippen molar-refractivity contribution in [2.24, 2.45) is 0 Å². The molecule has 112 valence electrons. The van der Waals surface area contributed by atoms with E-state index in [4.69, 9.17) is 23.2 Å². The summed E-state index contributed by atoms with van der Waals surface area (Å²) in [6, 6.07) is 15.4. The van der Waals surface area contributed by atoms with E-state index < -0.39 is 0 Å². The van der Waals surface area contributed by atoms with Gasteiger partial charge in [-0.3, -0.25) is 4.98 Å². The zero-order valence-electron chi connectivity index (χ0n) is 11.9. The first-order valence-corrected chi connectivity index (χ1v) is 7.82. The summed E-state index contributed by atoms with van der Waals surface area (Å²) >= 11 is 12.3. The van der Waals surface area contributed by atoms with E-state index in [0.29, 0.717) is 10.2 Å². The van der Waals surface area contributed by atoms with Gasteiger partial charge in [-0.1, -0.05) is 35.3 Å². The average molecular weight is 340 g/mol. The Morgan fingerprint density at radius 1 is 0.870 bits per heavy atom. The predicted octanol–water partition coefficient (Wildman–Crippen LogP) is 5.83. The number of rotatable bonds is 2. The molecule has 23 heavy (non-hydrogen) atoms. The third kappa shape index (κ3) is 2.69. The molecule has 0 spiro atoms. The minimum absolute atomic E-state index is 0.434. The Bertz CT molecular complexity index is 1030. The molecule has 4 aromatic rings. The molecule has 3 nitrogen and oxygen atoms in total. The molecule has 0 fully saturated rings. The molecular weight excluding hydrogens is 329 g/mol. The van der Waals surface area contributed by atoms with Crippen molar-refractivity contribution in [2.45, 2.75) is 0 Å². The molecule has 2 heterocycles. The third-order valence-corrected chi connectivity index (χ3v) is 4.12. The normalized spacial score (nSPS) is 11.0. The van der Waals surface area contributed by atoms with E-state index >= 15 is 0 Å². The molecule has 0 bridgehead atoms. The summed E-state index contributed by atoms with van der Waals surface area (Å²) in [7, 11) is 0. The van der Waals surface area contributed by atoms with E-state index in [1.165, 1.54) is 0 Å². The standard InChI is InChI=1S/C18H11Cl2N3/c19-12-4-5-16-14(8-12)17(9-18(20)23-16)22-15-3-1-2-11-10-21-7-6-13(11)15/h1-10H,(H,22,23). The Labute approximate surface area is 142 Å². The Kier molecular flexibility index (Phi) is 3.52. The molecule has 0 unspecified atom stereocenters. The first-order chi connectivity index (χ1) is 11.2. The highest BCUT2D eigenvalue weighted by atomic mass is 35.5. The minimum Gasteiger partial charge on any atom is -0.354 e. The largest absolute Gasteiger partial charge is 0.354 e. The topological polar surface area (TPSA) is 37.8 Å². The number of benzene rings is 2. The number of halogens is 2. The summed E-state index contributed by atoms with van der Waals surface area (Å²) in [4.78, 5) is 8.50. The zero-order valence-corrected chi connectivity index (χ0v) is 13.4. The van der Waals surface area contributed by atoms with Gasteiger partial charge in [0.15, 0.2) is 0 Å². The number of hydrogen-bond acceptors (Lipinski definition) is 3. The van der Waals surface area contributed by atoms with Crippen LogP contribution in [0.2, 0.25) is 10.2 Å². The first-order valence-electron chi connectivity index (χ1n) is 7.06. The Morgan fingerprint density at radius 2 is 1.78 bits per heavy atom. The molecule has 0 saturated heterocycles. The second-order valence-corrected chi connectivity index (χ2v) is 6.01. The molecule has 0 amide bonds. The molecule has 0 radical (unpaired) electrons. The fraction of sp³-hybridized carbons (Fsp3) is 0. The number of aromatic nitrogens is 2. The van der Waals surface area contributed by atoms with Crippen molar-refractivity contribution in [3.8, 4) is 0 Å².